The van der Waals surface area contributed by atoms with E-state index < -0.39 is 5.72 Å². The molecular weight excluding hydrogens is 372 g/mol. The van der Waals surface area contributed by atoms with E-state index in [1.165, 1.54) is 4.90 Å². The van der Waals surface area contributed by atoms with Gasteiger partial charge in [-0.3, -0.25) is 19.4 Å². The predicted molar refractivity (Wildman–Crippen MR) is 104 cm³/mol. The van der Waals surface area contributed by atoms with Gasteiger partial charge in [-0.15, -0.1) is 0 Å². The number of para-hydroxylation sites is 1. The van der Waals surface area contributed by atoms with Gasteiger partial charge in [0.15, 0.2) is 5.72 Å². The van der Waals surface area contributed by atoms with Gasteiger partial charge in [0, 0.05) is 44.7 Å². The van der Waals surface area contributed by atoms with E-state index in [0.29, 0.717) is 37.2 Å². The summed E-state index contributed by atoms with van der Waals surface area (Å²) in [5, 5.41) is 5.74. The molecule has 2 aromatic rings. The summed E-state index contributed by atoms with van der Waals surface area (Å²) in [6.45, 7) is 0.678. The number of fused-ring (bicyclic) bond motifs is 1. The van der Waals surface area contributed by atoms with Crippen molar-refractivity contribution in [3.63, 3.8) is 0 Å². The minimum Gasteiger partial charge on any atom is -0.467 e. The Kier molecular flexibility index (Phi) is 5.16. The highest BCUT2D eigenvalue weighted by atomic mass is 16.5. The van der Waals surface area contributed by atoms with E-state index in [1.54, 1.807) is 30.6 Å². The molecule has 3 amide bonds. The molecule has 1 atom stereocenters. The smallest absolute Gasteiger partial charge is 0.258 e. The van der Waals surface area contributed by atoms with Crippen LogP contribution in [0.25, 0.3) is 0 Å². The molecule has 1 aromatic heterocycles. The van der Waals surface area contributed by atoms with Gasteiger partial charge in [-0.2, -0.15) is 0 Å². The highest BCUT2D eigenvalue weighted by molar-refractivity contribution is 5.98. The quantitative estimate of drug-likeness (QED) is 0.812. The molecule has 1 fully saturated rings. The zero-order valence-corrected chi connectivity index (χ0v) is 15.9. The molecule has 1 spiro atoms. The molecule has 0 saturated carbocycles. The van der Waals surface area contributed by atoms with Gasteiger partial charge >= 0.3 is 0 Å². The van der Waals surface area contributed by atoms with E-state index in [9.17, 15) is 14.4 Å². The first-order valence-electron chi connectivity index (χ1n) is 9.59. The first-order valence-corrected chi connectivity index (χ1v) is 9.59. The van der Waals surface area contributed by atoms with Crippen LogP contribution >= 0.6 is 0 Å². The molecular formula is C21H22N4O4. The van der Waals surface area contributed by atoms with Crippen molar-refractivity contribution in [1.29, 1.82) is 0 Å². The third kappa shape index (κ3) is 4.21. The summed E-state index contributed by atoms with van der Waals surface area (Å²) in [6.07, 6.45) is 4.29. The number of rotatable bonds is 4. The van der Waals surface area contributed by atoms with Crippen LogP contribution < -0.4 is 15.4 Å². The second-order valence-electron chi connectivity index (χ2n) is 7.24. The fourth-order valence-electron chi connectivity index (χ4n) is 3.61. The number of amides is 3. The molecule has 1 aromatic carbocycles. The summed E-state index contributed by atoms with van der Waals surface area (Å²) in [6, 6.07) is 10.7. The van der Waals surface area contributed by atoms with E-state index in [2.05, 4.69) is 15.6 Å². The van der Waals surface area contributed by atoms with Crippen molar-refractivity contribution >= 4 is 17.7 Å². The van der Waals surface area contributed by atoms with Crippen LogP contribution in [0.5, 0.6) is 5.75 Å². The monoisotopic (exact) mass is 394 g/mol. The predicted octanol–water partition coefficient (Wildman–Crippen LogP) is 1.23. The lowest BCUT2D eigenvalue weighted by Gasteiger charge is -2.38. The van der Waals surface area contributed by atoms with Crippen LogP contribution in [0.4, 0.5) is 0 Å². The number of benzene rings is 1. The average molecular weight is 394 g/mol. The average Bonchev–Trinajstić information content (AvgIpc) is 2.87. The molecule has 2 aliphatic heterocycles. The number of hydrogen-bond donors (Lipinski definition) is 2. The number of hydrogen-bond acceptors (Lipinski definition) is 5. The third-order valence-corrected chi connectivity index (χ3v) is 5.23. The van der Waals surface area contributed by atoms with Crippen molar-refractivity contribution in [1.82, 2.24) is 20.5 Å². The maximum atomic E-state index is 12.5. The summed E-state index contributed by atoms with van der Waals surface area (Å²) < 4.78 is 6.10. The number of nitrogens with zero attached hydrogens (tertiary/aromatic N) is 2. The first-order chi connectivity index (χ1) is 14.0. The standard InChI is InChI=1S/C21H22N4O4/c26-18(23-13-15-6-10-22-11-7-15)14-25-12-9-21(8-5-19(25)27)24-20(28)16-3-1-2-4-17(16)29-21/h1-4,6-7,10-11H,5,8-9,12-14H2,(H,23,26)(H,24,28). The van der Waals surface area contributed by atoms with Crippen molar-refractivity contribution < 1.29 is 19.1 Å². The lowest BCUT2D eigenvalue weighted by atomic mass is 10.0. The van der Waals surface area contributed by atoms with E-state index in [0.717, 1.165) is 5.56 Å². The molecule has 150 valence electrons. The Hall–Kier alpha value is -3.42. The molecule has 0 aliphatic carbocycles. The number of aromatic nitrogens is 1. The van der Waals surface area contributed by atoms with Crippen molar-refractivity contribution in [2.75, 3.05) is 13.1 Å². The van der Waals surface area contributed by atoms with Crippen LogP contribution in [0.15, 0.2) is 48.8 Å². The molecule has 29 heavy (non-hydrogen) atoms. The highest BCUT2D eigenvalue weighted by Gasteiger charge is 2.42. The van der Waals surface area contributed by atoms with Crippen LogP contribution in [0.3, 0.4) is 0 Å². The normalized spacial score (nSPS) is 21.0. The lowest BCUT2D eigenvalue weighted by molar-refractivity contribution is -0.135. The Morgan fingerprint density at radius 1 is 1.17 bits per heavy atom. The second-order valence-corrected chi connectivity index (χ2v) is 7.24. The van der Waals surface area contributed by atoms with Crippen molar-refractivity contribution in [3.05, 3.63) is 59.9 Å². The summed E-state index contributed by atoms with van der Waals surface area (Å²) in [5.41, 5.74) is 0.496. The van der Waals surface area contributed by atoms with Gasteiger partial charge in [0.25, 0.3) is 5.91 Å². The van der Waals surface area contributed by atoms with Gasteiger partial charge in [0.05, 0.1) is 12.1 Å². The van der Waals surface area contributed by atoms with E-state index >= 15 is 0 Å². The second kappa shape index (κ2) is 7.90. The van der Waals surface area contributed by atoms with Gasteiger partial charge in [-0.1, -0.05) is 12.1 Å². The minimum absolute atomic E-state index is 0.0233. The number of ether oxygens (including phenoxy) is 1. The van der Waals surface area contributed by atoms with Gasteiger partial charge in [0.2, 0.25) is 11.8 Å². The number of nitrogens with one attached hydrogen (secondary N) is 2. The molecule has 1 unspecified atom stereocenters. The van der Waals surface area contributed by atoms with Crippen molar-refractivity contribution in [2.24, 2.45) is 0 Å². The summed E-state index contributed by atoms with van der Waals surface area (Å²) in [7, 11) is 0. The largest absolute Gasteiger partial charge is 0.467 e. The zero-order chi connectivity index (χ0) is 20.3. The van der Waals surface area contributed by atoms with Gasteiger partial charge < -0.3 is 20.3 Å². The van der Waals surface area contributed by atoms with Crippen LogP contribution in [0.1, 0.15) is 35.2 Å². The summed E-state index contributed by atoms with van der Waals surface area (Å²) >= 11 is 0. The number of pyridine rings is 1. The molecule has 0 bridgehead atoms. The maximum absolute atomic E-state index is 12.5. The molecule has 2 aliphatic rings. The maximum Gasteiger partial charge on any atom is 0.258 e. The first kappa shape index (κ1) is 18.9. The van der Waals surface area contributed by atoms with Crippen molar-refractivity contribution in [3.8, 4) is 5.75 Å². The fraction of sp³-hybridized carbons (Fsp3) is 0.333. The number of carbonyl (C=O) groups is 3. The number of likely N-dealkylation sites (tertiary alicyclic amines) is 1. The topological polar surface area (TPSA) is 101 Å². The summed E-state index contributed by atoms with van der Waals surface area (Å²) in [4.78, 5) is 42.8. The Bertz CT molecular complexity index is 933. The zero-order valence-electron chi connectivity index (χ0n) is 15.9. The van der Waals surface area contributed by atoms with Crippen LogP contribution in [-0.2, 0) is 16.1 Å². The number of carbonyl (C=O) groups excluding carboxylic acids is 3. The van der Waals surface area contributed by atoms with Crippen LogP contribution in [0.2, 0.25) is 0 Å². The highest BCUT2D eigenvalue weighted by Crippen LogP contribution is 2.33. The van der Waals surface area contributed by atoms with E-state index in [1.807, 2.05) is 18.2 Å². The Morgan fingerprint density at radius 3 is 2.79 bits per heavy atom. The minimum atomic E-state index is -0.927. The van der Waals surface area contributed by atoms with Gasteiger partial charge in [0.1, 0.15) is 5.75 Å². The van der Waals surface area contributed by atoms with Crippen LogP contribution in [0, 0.1) is 0 Å². The van der Waals surface area contributed by atoms with E-state index in [4.69, 9.17) is 4.74 Å². The Balaban J connectivity index is 1.38. The SMILES string of the molecule is O=C(CN1CCC2(CCC1=O)NC(=O)c1ccccc1O2)NCc1ccncc1. The third-order valence-electron chi connectivity index (χ3n) is 5.23. The lowest BCUT2D eigenvalue weighted by Crippen LogP contribution is -2.56. The molecule has 1 saturated heterocycles. The van der Waals surface area contributed by atoms with Gasteiger partial charge in [-0.05, 0) is 29.8 Å². The molecule has 4 rings (SSSR count). The Morgan fingerprint density at radius 2 is 1.97 bits per heavy atom. The van der Waals surface area contributed by atoms with Gasteiger partial charge in [-0.25, -0.2) is 0 Å². The molecule has 0 radical (unpaired) electrons. The summed E-state index contributed by atoms with van der Waals surface area (Å²) in [5.74, 6) is -0.0437. The molecule has 3 heterocycles. The Labute approximate surface area is 168 Å². The van der Waals surface area contributed by atoms with E-state index in [-0.39, 0.29) is 30.7 Å². The molecule has 2 N–H and O–H groups in total. The molecule has 8 heteroatoms. The fourth-order valence-corrected chi connectivity index (χ4v) is 3.61. The van der Waals surface area contributed by atoms with Crippen LogP contribution in [-0.4, -0.2) is 46.4 Å². The molecule has 8 nitrogen and oxygen atoms in total. The van der Waals surface area contributed by atoms with Crippen molar-refractivity contribution in [2.45, 2.75) is 31.5 Å².